The van der Waals surface area contributed by atoms with E-state index in [4.69, 9.17) is 12.2 Å². The zero-order valence-corrected chi connectivity index (χ0v) is 11.2. The Balaban J connectivity index is 4.31. The first-order valence-electron chi connectivity index (χ1n) is 5.29. The van der Waals surface area contributed by atoms with Gasteiger partial charge in [0.05, 0.1) is 33.7 Å². The second-order valence-electron chi connectivity index (χ2n) is 4.75. The largest absolute Gasteiger partial charge is 0.550 e. The van der Waals surface area contributed by atoms with Gasteiger partial charge in [-0.3, -0.25) is 0 Å². The molecule has 0 spiro atoms. The van der Waals surface area contributed by atoms with Gasteiger partial charge in [0.25, 0.3) is 0 Å². The number of carboxylic acid groups (broad SMARTS) is 1. The van der Waals surface area contributed by atoms with Crippen LogP contribution in [0, 0.1) is 0 Å². The maximum absolute atomic E-state index is 10.6. The molecular weight excluding hydrogens is 226 g/mol. The van der Waals surface area contributed by atoms with Crippen LogP contribution in [0.3, 0.4) is 0 Å². The lowest BCUT2D eigenvalue weighted by molar-refractivity contribution is -0.871. The summed E-state index contributed by atoms with van der Waals surface area (Å²) in [6, 6.07) is -0.212. The molecule has 94 valence electrons. The van der Waals surface area contributed by atoms with E-state index >= 15 is 0 Å². The number of carbonyl (C=O) groups is 1. The molecule has 5 nitrogen and oxygen atoms in total. The number of aliphatic carboxylic acids is 1. The highest BCUT2D eigenvalue weighted by Crippen LogP contribution is 1.99. The number of hydrogen-bond acceptors (Lipinski definition) is 3. The molecule has 0 aliphatic rings. The van der Waals surface area contributed by atoms with Crippen LogP contribution in [-0.4, -0.2) is 55.8 Å². The molecule has 0 bridgehead atoms. The molecule has 0 aromatic carbocycles. The highest BCUT2D eigenvalue weighted by Gasteiger charge is 2.18. The van der Waals surface area contributed by atoms with Crippen LogP contribution < -0.4 is 15.7 Å². The van der Waals surface area contributed by atoms with Crippen LogP contribution in [0.15, 0.2) is 0 Å². The molecular formula is C10H21N3O2S. The summed E-state index contributed by atoms with van der Waals surface area (Å²) >= 11 is 5.03. The summed E-state index contributed by atoms with van der Waals surface area (Å²) in [4.78, 5) is 10.6. The summed E-state index contributed by atoms with van der Waals surface area (Å²) in [5.41, 5.74) is 0. The van der Waals surface area contributed by atoms with Crippen molar-refractivity contribution in [1.29, 1.82) is 0 Å². The summed E-state index contributed by atoms with van der Waals surface area (Å²) in [6.45, 7) is 3.31. The number of carboxylic acids is 1. The number of rotatable bonds is 6. The highest BCUT2D eigenvalue weighted by molar-refractivity contribution is 7.80. The van der Waals surface area contributed by atoms with E-state index in [1.807, 2.05) is 28.1 Å². The van der Waals surface area contributed by atoms with E-state index in [-0.39, 0.29) is 12.5 Å². The molecule has 6 heteroatoms. The molecule has 0 rings (SSSR count). The average Bonchev–Trinajstić information content (AvgIpc) is 1.98. The summed E-state index contributed by atoms with van der Waals surface area (Å²) in [7, 11) is 6.00. The number of hydrogen-bond donors (Lipinski definition) is 2. The van der Waals surface area contributed by atoms with Crippen LogP contribution in [-0.2, 0) is 4.79 Å². The Hall–Kier alpha value is -0.880. The van der Waals surface area contributed by atoms with Gasteiger partial charge in [-0.2, -0.15) is 0 Å². The van der Waals surface area contributed by atoms with Gasteiger partial charge in [-0.15, -0.1) is 0 Å². The van der Waals surface area contributed by atoms with Gasteiger partial charge >= 0.3 is 0 Å². The molecule has 16 heavy (non-hydrogen) atoms. The van der Waals surface area contributed by atoms with Crippen molar-refractivity contribution in [1.82, 2.24) is 10.6 Å². The number of nitrogens with zero attached hydrogens (tertiary/aromatic N) is 1. The molecule has 2 N–H and O–H groups in total. The van der Waals surface area contributed by atoms with Gasteiger partial charge < -0.3 is 25.0 Å². The smallest absolute Gasteiger partial charge is 0.166 e. The van der Waals surface area contributed by atoms with Gasteiger partial charge in [0.2, 0.25) is 0 Å². The zero-order valence-electron chi connectivity index (χ0n) is 10.4. The molecule has 1 atom stereocenters. The first-order valence-corrected chi connectivity index (χ1v) is 5.70. The minimum absolute atomic E-state index is 0.0406. The number of quaternary nitrogens is 1. The number of thiocarbonyl (C=S) groups is 1. The summed E-state index contributed by atoms with van der Waals surface area (Å²) in [6.07, 6.45) is -0.0406. The van der Waals surface area contributed by atoms with Crippen molar-refractivity contribution in [3.8, 4) is 0 Å². The van der Waals surface area contributed by atoms with E-state index in [9.17, 15) is 9.90 Å². The molecule has 0 amide bonds. The summed E-state index contributed by atoms with van der Waals surface area (Å²) in [5, 5.41) is 17.0. The molecule has 1 unspecified atom stereocenters. The Kier molecular flexibility index (Phi) is 6.28. The molecule has 0 aromatic heterocycles. The van der Waals surface area contributed by atoms with Gasteiger partial charge in [-0.25, -0.2) is 0 Å². The van der Waals surface area contributed by atoms with E-state index in [0.29, 0.717) is 22.7 Å². The molecule has 0 aromatic rings. The van der Waals surface area contributed by atoms with E-state index in [1.54, 1.807) is 0 Å². The molecule has 0 aliphatic carbocycles. The molecule has 0 fully saturated rings. The topological polar surface area (TPSA) is 64.2 Å². The van der Waals surface area contributed by atoms with Crippen LogP contribution in [0.2, 0.25) is 0 Å². The van der Waals surface area contributed by atoms with Crippen LogP contribution in [0.25, 0.3) is 0 Å². The van der Waals surface area contributed by atoms with Crippen LogP contribution >= 0.6 is 12.2 Å². The van der Waals surface area contributed by atoms with Gasteiger partial charge in [0.1, 0.15) is 0 Å². The summed E-state index contributed by atoms with van der Waals surface area (Å²) in [5.74, 6) is -1.06. The van der Waals surface area contributed by atoms with Crippen molar-refractivity contribution >= 4 is 23.3 Å². The lowest BCUT2D eigenvalue weighted by Crippen LogP contribution is -2.52. The van der Waals surface area contributed by atoms with E-state index in [1.165, 1.54) is 0 Å². The summed E-state index contributed by atoms with van der Waals surface area (Å²) < 4.78 is 0.666. The fraction of sp³-hybridized carbons (Fsp3) is 0.800. The lowest BCUT2D eigenvalue weighted by atomic mass is 10.2. The van der Waals surface area contributed by atoms with E-state index in [0.717, 1.165) is 0 Å². The average molecular weight is 247 g/mol. The molecule has 0 heterocycles. The third-order valence-electron chi connectivity index (χ3n) is 1.85. The first kappa shape index (κ1) is 15.1. The minimum atomic E-state index is -1.06. The van der Waals surface area contributed by atoms with Gasteiger partial charge in [0, 0.05) is 18.9 Å². The van der Waals surface area contributed by atoms with Crippen molar-refractivity contribution in [3.63, 3.8) is 0 Å². The zero-order chi connectivity index (χ0) is 12.8. The van der Waals surface area contributed by atoms with Gasteiger partial charge in [-0.05, 0) is 19.1 Å². The normalized spacial score (nSPS) is 13.0. The van der Waals surface area contributed by atoms with Crippen LogP contribution in [0.1, 0.15) is 13.3 Å². The third kappa shape index (κ3) is 8.43. The number of carbonyl (C=O) groups excluding carboxylic acids is 1. The number of nitrogens with one attached hydrogen (secondary N) is 2. The molecule has 0 saturated heterocycles. The lowest BCUT2D eigenvalue weighted by Gasteiger charge is -2.30. The van der Waals surface area contributed by atoms with Crippen LogP contribution in [0.4, 0.5) is 0 Å². The first-order chi connectivity index (χ1) is 7.24. The Bertz CT molecular complexity index is 251. The second-order valence-corrected chi connectivity index (χ2v) is 5.16. The quantitative estimate of drug-likeness (QED) is 0.450. The predicted molar refractivity (Wildman–Crippen MR) is 65.7 cm³/mol. The fourth-order valence-electron chi connectivity index (χ4n) is 1.42. The molecule has 0 aliphatic heterocycles. The van der Waals surface area contributed by atoms with Gasteiger partial charge in [-0.1, -0.05) is 0 Å². The minimum Gasteiger partial charge on any atom is -0.550 e. The Labute approximate surface area is 102 Å². The van der Waals surface area contributed by atoms with E-state index < -0.39 is 5.97 Å². The Morgan fingerprint density at radius 1 is 1.44 bits per heavy atom. The fourth-order valence-corrected chi connectivity index (χ4v) is 1.73. The second kappa shape index (κ2) is 6.65. The third-order valence-corrected chi connectivity index (χ3v) is 2.12. The van der Waals surface area contributed by atoms with Gasteiger partial charge in [0.15, 0.2) is 5.11 Å². The maximum Gasteiger partial charge on any atom is 0.166 e. The van der Waals surface area contributed by atoms with Crippen molar-refractivity contribution in [2.75, 3.05) is 34.2 Å². The maximum atomic E-state index is 10.6. The number of likely N-dealkylation sites (N-methyl/N-ethyl adjacent to an activating group) is 1. The SMILES string of the molecule is CCNC(=S)NC(CC(=O)[O-])C[N+](C)(C)C. The molecule has 0 radical (unpaired) electrons. The van der Waals surface area contributed by atoms with E-state index in [2.05, 4.69) is 10.6 Å². The predicted octanol–water partition coefficient (Wildman–Crippen LogP) is -1.31. The standard InChI is InChI=1S/C10H21N3O2S/c1-5-11-10(16)12-8(6-9(14)15)7-13(2,3)4/h8H,5-7H2,1-4H3,(H2-,11,12,14,15,16). The Morgan fingerprint density at radius 3 is 2.38 bits per heavy atom. The van der Waals surface area contributed by atoms with Crippen molar-refractivity contribution in [2.24, 2.45) is 0 Å². The molecule has 0 saturated carbocycles. The van der Waals surface area contributed by atoms with Crippen molar-refractivity contribution in [2.45, 2.75) is 19.4 Å². The highest BCUT2D eigenvalue weighted by atomic mass is 32.1. The van der Waals surface area contributed by atoms with Crippen molar-refractivity contribution < 1.29 is 14.4 Å². The Morgan fingerprint density at radius 2 is 2.00 bits per heavy atom. The van der Waals surface area contributed by atoms with Crippen LogP contribution in [0.5, 0.6) is 0 Å². The van der Waals surface area contributed by atoms with Crippen molar-refractivity contribution in [3.05, 3.63) is 0 Å². The monoisotopic (exact) mass is 247 g/mol.